The summed E-state index contributed by atoms with van der Waals surface area (Å²) in [4.78, 5) is 4.90. The van der Waals surface area contributed by atoms with E-state index in [0.29, 0.717) is 0 Å². The smallest absolute Gasteiger partial charge is 0.127 e. The van der Waals surface area contributed by atoms with Crippen LogP contribution in [0.4, 0.5) is 11.4 Å². The van der Waals surface area contributed by atoms with Gasteiger partial charge in [-0.2, -0.15) is 0 Å². The highest BCUT2D eigenvalue weighted by Crippen LogP contribution is 2.54. The predicted octanol–water partition coefficient (Wildman–Crippen LogP) is 6.23. The van der Waals surface area contributed by atoms with Crippen LogP contribution in [0.1, 0.15) is 55.4 Å². The predicted molar refractivity (Wildman–Crippen MR) is 114 cm³/mol. The van der Waals surface area contributed by atoms with Gasteiger partial charge in [0, 0.05) is 11.4 Å². The van der Waals surface area contributed by atoms with Crippen molar-refractivity contribution in [3.05, 3.63) is 48.5 Å². The molecule has 2 heterocycles. The van der Waals surface area contributed by atoms with Crippen LogP contribution in [-0.2, 0) is 0 Å². The standard InChI is InChI=1S/C24H32N2O/c1-21(2)22(3,4)25(21)17-9-13-19(14-10-17)27-20-15-11-18(12-16-20)26-23(5,6)24(26,7)8/h9-16H,1-8H3. The maximum Gasteiger partial charge on any atom is 0.127 e. The Morgan fingerprint density at radius 2 is 0.741 bits per heavy atom. The Labute approximate surface area is 163 Å². The third-order valence-electron chi connectivity index (χ3n) is 7.56. The summed E-state index contributed by atoms with van der Waals surface area (Å²) in [5.74, 6) is 1.74. The molecule has 4 rings (SSSR count). The fourth-order valence-corrected chi connectivity index (χ4v) is 4.59. The van der Waals surface area contributed by atoms with Gasteiger partial charge in [0.25, 0.3) is 0 Å². The van der Waals surface area contributed by atoms with Gasteiger partial charge in [-0.05, 0) is 104 Å². The zero-order valence-electron chi connectivity index (χ0n) is 17.9. The normalized spacial score (nSPS) is 23.1. The Morgan fingerprint density at radius 3 is 0.963 bits per heavy atom. The summed E-state index contributed by atoms with van der Waals surface area (Å²) >= 11 is 0. The van der Waals surface area contributed by atoms with Crippen molar-refractivity contribution >= 4 is 11.4 Å². The van der Waals surface area contributed by atoms with Crippen LogP contribution in [0.3, 0.4) is 0 Å². The van der Waals surface area contributed by atoms with Crippen molar-refractivity contribution in [1.82, 2.24) is 0 Å². The first kappa shape index (κ1) is 18.2. The van der Waals surface area contributed by atoms with E-state index in [-0.39, 0.29) is 22.2 Å². The Kier molecular flexibility index (Phi) is 3.52. The molecule has 3 heteroatoms. The Morgan fingerprint density at radius 1 is 0.481 bits per heavy atom. The molecule has 0 atom stereocenters. The molecule has 0 unspecified atom stereocenters. The van der Waals surface area contributed by atoms with E-state index in [1.165, 1.54) is 11.4 Å². The summed E-state index contributed by atoms with van der Waals surface area (Å²) in [6.45, 7) is 18.3. The summed E-state index contributed by atoms with van der Waals surface area (Å²) in [6.07, 6.45) is 0. The van der Waals surface area contributed by atoms with Crippen molar-refractivity contribution in [2.45, 2.75) is 77.5 Å². The van der Waals surface area contributed by atoms with Crippen molar-refractivity contribution in [1.29, 1.82) is 0 Å². The first-order chi connectivity index (χ1) is 12.4. The van der Waals surface area contributed by atoms with Gasteiger partial charge in [0.05, 0.1) is 22.2 Å². The van der Waals surface area contributed by atoms with E-state index in [4.69, 9.17) is 4.74 Å². The van der Waals surface area contributed by atoms with Crippen molar-refractivity contribution < 1.29 is 4.74 Å². The minimum Gasteiger partial charge on any atom is -0.457 e. The molecule has 2 aromatic rings. The molecule has 3 nitrogen and oxygen atoms in total. The Balaban J connectivity index is 1.45. The van der Waals surface area contributed by atoms with E-state index in [1.54, 1.807) is 0 Å². The molecule has 0 saturated carbocycles. The van der Waals surface area contributed by atoms with Crippen LogP contribution in [0.25, 0.3) is 0 Å². The second kappa shape index (κ2) is 5.21. The lowest BCUT2D eigenvalue weighted by atomic mass is 10.0. The second-order valence-electron chi connectivity index (χ2n) is 10.00. The van der Waals surface area contributed by atoms with Crippen LogP contribution in [-0.4, -0.2) is 22.2 Å². The molecular formula is C24H32N2O. The zero-order valence-corrected chi connectivity index (χ0v) is 17.9. The zero-order chi connectivity index (χ0) is 19.8. The number of nitrogens with zero attached hydrogens (tertiary/aromatic N) is 2. The van der Waals surface area contributed by atoms with Crippen LogP contribution in [0.15, 0.2) is 48.5 Å². The Hall–Kier alpha value is -2.16. The van der Waals surface area contributed by atoms with E-state index in [0.717, 1.165) is 11.5 Å². The van der Waals surface area contributed by atoms with Gasteiger partial charge in [-0.3, -0.25) is 0 Å². The van der Waals surface area contributed by atoms with Gasteiger partial charge < -0.3 is 14.5 Å². The third-order valence-corrected chi connectivity index (χ3v) is 7.56. The van der Waals surface area contributed by atoms with Crippen molar-refractivity contribution in [3.8, 4) is 11.5 Å². The van der Waals surface area contributed by atoms with E-state index in [1.807, 2.05) is 0 Å². The minimum atomic E-state index is 0.199. The SMILES string of the molecule is CC1(C)N(c2ccc(Oc3ccc(N4C(C)(C)C4(C)C)cc3)cc2)C1(C)C. The molecule has 2 aromatic carbocycles. The lowest BCUT2D eigenvalue weighted by molar-refractivity contribution is 0.482. The first-order valence-corrected chi connectivity index (χ1v) is 9.89. The topological polar surface area (TPSA) is 15.2 Å². The monoisotopic (exact) mass is 364 g/mol. The van der Waals surface area contributed by atoms with E-state index >= 15 is 0 Å². The van der Waals surface area contributed by atoms with Crippen LogP contribution in [0.5, 0.6) is 11.5 Å². The molecule has 2 fully saturated rings. The minimum absolute atomic E-state index is 0.199. The van der Waals surface area contributed by atoms with Gasteiger partial charge in [0.1, 0.15) is 11.5 Å². The Bertz CT molecular complexity index is 759. The number of hydrogen-bond donors (Lipinski definition) is 0. The molecule has 0 spiro atoms. The lowest BCUT2D eigenvalue weighted by Gasteiger charge is -2.13. The second-order valence-corrected chi connectivity index (χ2v) is 10.00. The molecule has 0 N–H and O–H groups in total. The quantitative estimate of drug-likeness (QED) is 0.598. The van der Waals surface area contributed by atoms with Crippen LogP contribution >= 0.6 is 0 Å². The van der Waals surface area contributed by atoms with Gasteiger partial charge >= 0.3 is 0 Å². The van der Waals surface area contributed by atoms with Gasteiger partial charge in [0.2, 0.25) is 0 Å². The van der Waals surface area contributed by atoms with Gasteiger partial charge in [0.15, 0.2) is 0 Å². The molecule has 0 aliphatic carbocycles. The maximum absolute atomic E-state index is 6.06. The molecule has 2 aliphatic heterocycles. The average molecular weight is 365 g/mol. The van der Waals surface area contributed by atoms with Gasteiger partial charge in [-0.25, -0.2) is 0 Å². The van der Waals surface area contributed by atoms with Crippen LogP contribution in [0, 0.1) is 0 Å². The summed E-state index contributed by atoms with van der Waals surface area (Å²) in [6, 6.07) is 16.9. The molecule has 2 aliphatic rings. The number of anilines is 2. The molecule has 27 heavy (non-hydrogen) atoms. The van der Waals surface area contributed by atoms with Crippen molar-refractivity contribution in [2.75, 3.05) is 9.80 Å². The highest BCUT2D eigenvalue weighted by Gasteiger charge is 2.63. The van der Waals surface area contributed by atoms with Gasteiger partial charge in [-0.15, -0.1) is 0 Å². The van der Waals surface area contributed by atoms with Crippen molar-refractivity contribution in [2.24, 2.45) is 0 Å². The maximum atomic E-state index is 6.06. The molecule has 0 bridgehead atoms. The molecule has 144 valence electrons. The summed E-state index contributed by atoms with van der Waals surface area (Å²) in [7, 11) is 0. The molecule has 0 amide bonds. The van der Waals surface area contributed by atoms with E-state index < -0.39 is 0 Å². The lowest BCUT2D eigenvalue weighted by Crippen LogP contribution is -2.10. The first-order valence-electron chi connectivity index (χ1n) is 9.89. The summed E-state index contributed by atoms with van der Waals surface area (Å²) < 4.78 is 6.06. The number of ether oxygens (including phenoxy) is 1. The number of rotatable bonds is 4. The summed E-state index contributed by atoms with van der Waals surface area (Å²) in [5, 5.41) is 0. The van der Waals surface area contributed by atoms with E-state index in [9.17, 15) is 0 Å². The fourth-order valence-electron chi connectivity index (χ4n) is 4.59. The molecule has 0 aromatic heterocycles. The highest BCUT2D eigenvalue weighted by molar-refractivity contribution is 5.65. The van der Waals surface area contributed by atoms with E-state index in [2.05, 4.69) is 114 Å². The summed E-state index contributed by atoms with van der Waals surface area (Å²) in [5.41, 5.74) is 3.29. The largest absolute Gasteiger partial charge is 0.457 e. The molecule has 0 radical (unpaired) electrons. The molecular weight excluding hydrogens is 332 g/mol. The number of benzene rings is 2. The fraction of sp³-hybridized carbons (Fsp3) is 0.500. The van der Waals surface area contributed by atoms with Gasteiger partial charge in [-0.1, -0.05) is 0 Å². The van der Waals surface area contributed by atoms with Crippen LogP contribution < -0.4 is 14.5 Å². The molecule has 2 saturated heterocycles. The third kappa shape index (κ3) is 2.47. The highest BCUT2D eigenvalue weighted by atomic mass is 16.5. The average Bonchev–Trinajstić information content (AvgIpc) is 3.18. The number of hydrogen-bond acceptors (Lipinski definition) is 3. The van der Waals surface area contributed by atoms with Crippen LogP contribution in [0.2, 0.25) is 0 Å². The van der Waals surface area contributed by atoms with Crippen molar-refractivity contribution in [3.63, 3.8) is 0 Å².